The first kappa shape index (κ1) is 9.77. The Bertz CT molecular complexity index is 673. The molecule has 0 aliphatic heterocycles. The molecule has 3 aromatic rings. The second-order valence-corrected chi connectivity index (χ2v) is 3.63. The molecule has 5 heteroatoms. The van der Waals surface area contributed by atoms with Gasteiger partial charge in [0.05, 0.1) is 5.69 Å². The number of hydrogen-bond donors (Lipinski definition) is 1. The van der Waals surface area contributed by atoms with Crippen LogP contribution in [0.25, 0.3) is 16.9 Å². The summed E-state index contributed by atoms with van der Waals surface area (Å²) in [6.07, 6.45) is 1.67. The predicted molar refractivity (Wildman–Crippen MR) is 63.2 cm³/mol. The molecule has 2 heterocycles. The molecule has 17 heavy (non-hydrogen) atoms. The van der Waals surface area contributed by atoms with Gasteiger partial charge in [0, 0.05) is 6.20 Å². The molecule has 3 rings (SSSR count). The summed E-state index contributed by atoms with van der Waals surface area (Å²) < 4.78 is 14.6. The summed E-state index contributed by atoms with van der Waals surface area (Å²) in [5.74, 6) is 0.0509. The number of halogens is 1. The van der Waals surface area contributed by atoms with Gasteiger partial charge in [0.15, 0.2) is 5.65 Å². The summed E-state index contributed by atoms with van der Waals surface area (Å²) in [7, 11) is 0. The maximum atomic E-state index is 12.9. The number of nitrogen functional groups attached to an aromatic ring is 1. The first-order chi connectivity index (χ1) is 8.25. The molecule has 0 spiro atoms. The van der Waals surface area contributed by atoms with Crippen LogP contribution in [0.5, 0.6) is 0 Å². The fourth-order valence-electron chi connectivity index (χ4n) is 1.77. The number of aromatic nitrogens is 3. The van der Waals surface area contributed by atoms with Crippen LogP contribution in [0.2, 0.25) is 0 Å². The first-order valence-corrected chi connectivity index (χ1v) is 5.10. The summed E-state index contributed by atoms with van der Waals surface area (Å²) in [6, 6.07) is 9.67. The van der Waals surface area contributed by atoms with Crippen molar-refractivity contribution in [1.29, 1.82) is 0 Å². The van der Waals surface area contributed by atoms with Crippen molar-refractivity contribution >= 4 is 17.1 Å². The van der Waals surface area contributed by atoms with Gasteiger partial charge in [-0.1, -0.05) is 0 Å². The summed E-state index contributed by atoms with van der Waals surface area (Å²) in [4.78, 5) is 8.42. The largest absolute Gasteiger partial charge is 0.369 e. The minimum atomic E-state index is -0.287. The Balaban J connectivity index is 2.29. The highest BCUT2D eigenvalue weighted by Gasteiger charge is 2.10. The third-order valence-corrected chi connectivity index (χ3v) is 2.53. The van der Waals surface area contributed by atoms with E-state index in [2.05, 4.69) is 9.97 Å². The van der Waals surface area contributed by atoms with E-state index in [4.69, 9.17) is 5.73 Å². The average molecular weight is 228 g/mol. The molecule has 2 aromatic heterocycles. The van der Waals surface area contributed by atoms with Crippen molar-refractivity contribution in [2.24, 2.45) is 0 Å². The van der Waals surface area contributed by atoms with E-state index < -0.39 is 0 Å². The zero-order valence-electron chi connectivity index (χ0n) is 8.84. The molecule has 0 aliphatic carbocycles. The SMILES string of the molecule is Nc1nc2cccnc2n1-c1ccc(F)cc1. The Labute approximate surface area is 96.5 Å². The lowest BCUT2D eigenvalue weighted by Crippen LogP contribution is -2.01. The molecule has 0 amide bonds. The minimum absolute atomic E-state index is 0.287. The third kappa shape index (κ3) is 1.52. The highest BCUT2D eigenvalue weighted by molar-refractivity contribution is 5.76. The third-order valence-electron chi connectivity index (χ3n) is 2.53. The van der Waals surface area contributed by atoms with Gasteiger partial charge in [-0.2, -0.15) is 0 Å². The maximum Gasteiger partial charge on any atom is 0.207 e. The molecular formula is C12H9FN4. The van der Waals surface area contributed by atoms with Crippen LogP contribution in [0.1, 0.15) is 0 Å². The second kappa shape index (κ2) is 3.55. The quantitative estimate of drug-likeness (QED) is 0.694. The number of imidazole rings is 1. The van der Waals surface area contributed by atoms with Crippen molar-refractivity contribution in [2.75, 3.05) is 5.73 Å². The van der Waals surface area contributed by atoms with Gasteiger partial charge in [0.1, 0.15) is 11.3 Å². The highest BCUT2D eigenvalue weighted by atomic mass is 19.1. The normalized spacial score (nSPS) is 10.9. The van der Waals surface area contributed by atoms with Crippen LogP contribution in [0.3, 0.4) is 0 Å². The number of rotatable bonds is 1. The van der Waals surface area contributed by atoms with Crippen LogP contribution in [0.15, 0.2) is 42.6 Å². The van der Waals surface area contributed by atoms with Crippen LogP contribution in [0, 0.1) is 5.82 Å². The molecule has 1 aromatic carbocycles. The molecule has 0 bridgehead atoms. The van der Waals surface area contributed by atoms with Crippen molar-refractivity contribution in [3.05, 3.63) is 48.4 Å². The topological polar surface area (TPSA) is 56.7 Å². The van der Waals surface area contributed by atoms with E-state index in [1.54, 1.807) is 29.0 Å². The highest BCUT2D eigenvalue weighted by Crippen LogP contribution is 2.20. The average Bonchev–Trinajstić information content (AvgIpc) is 2.66. The number of pyridine rings is 1. The van der Waals surface area contributed by atoms with Gasteiger partial charge >= 0.3 is 0 Å². The Morgan fingerprint density at radius 2 is 1.88 bits per heavy atom. The van der Waals surface area contributed by atoms with Crippen molar-refractivity contribution in [2.45, 2.75) is 0 Å². The van der Waals surface area contributed by atoms with Gasteiger partial charge in [-0.3, -0.25) is 4.57 Å². The van der Waals surface area contributed by atoms with E-state index >= 15 is 0 Å². The number of nitrogens with two attached hydrogens (primary N) is 1. The van der Waals surface area contributed by atoms with E-state index in [1.165, 1.54) is 12.1 Å². The molecule has 0 radical (unpaired) electrons. The lowest BCUT2D eigenvalue weighted by atomic mass is 10.3. The van der Waals surface area contributed by atoms with Crippen molar-refractivity contribution in [3.8, 4) is 5.69 Å². The van der Waals surface area contributed by atoms with Crippen molar-refractivity contribution in [3.63, 3.8) is 0 Å². The summed E-state index contributed by atoms with van der Waals surface area (Å²) in [6.45, 7) is 0. The van der Waals surface area contributed by atoms with E-state index in [1.807, 2.05) is 6.07 Å². The van der Waals surface area contributed by atoms with Crippen molar-refractivity contribution < 1.29 is 4.39 Å². The Morgan fingerprint density at radius 1 is 1.12 bits per heavy atom. The molecule has 0 aliphatic rings. The van der Waals surface area contributed by atoms with Gasteiger partial charge in [-0.15, -0.1) is 0 Å². The van der Waals surface area contributed by atoms with Gasteiger partial charge in [-0.25, -0.2) is 14.4 Å². The lowest BCUT2D eigenvalue weighted by molar-refractivity contribution is 0.627. The first-order valence-electron chi connectivity index (χ1n) is 5.10. The van der Waals surface area contributed by atoms with Crippen LogP contribution >= 0.6 is 0 Å². The standard InChI is InChI=1S/C12H9FN4/c13-8-3-5-9(6-4-8)17-11-10(16-12(17)14)2-1-7-15-11/h1-7H,(H2,14,16). The van der Waals surface area contributed by atoms with E-state index in [9.17, 15) is 4.39 Å². The van der Waals surface area contributed by atoms with Gasteiger partial charge in [0.25, 0.3) is 0 Å². The number of anilines is 1. The van der Waals surface area contributed by atoms with Crippen molar-refractivity contribution in [1.82, 2.24) is 14.5 Å². The van der Waals surface area contributed by atoms with Crippen LogP contribution < -0.4 is 5.73 Å². The maximum absolute atomic E-state index is 12.9. The molecular weight excluding hydrogens is 219 g/mol. The van der Waals surface area contributed by atoms with Gasteiger partial charge < -0.3 is 5.73 Å². The zero-order chi connectivity index (χ0) is 11.8. The fraction of sp³-hybridized carbons (Fsp3) is 0. The number of nitrogens with zero attached hydrogens (tertiary/aromatic N) is 3. The molecule has 4 nitrogen and oxygen atoms in total. The van der Waals surface area contributed by atoms with E-state index in [0.717, 1.165) is 5.69 Å². The molecule has 0 atom stereocenters. The molecule has 0 unspecified atom stereocenters. The smallest absolute Gasteiger partial charge is 0.207 e. The summed E-state index contributed by atoms with van der Waals surface area (Å²) in [5.41, 5.74) is 7.96. The molecule has 0 saturated carbocycles. The van der Waals surface area contributed by atoms with Crippen LogP contribution in [0.4, 0.5) is 10.3 Å². The number of hydrogen-bond acceptors (Lipinski definition) is 3. The fourth-order valence-corrected chi connectivity index (χ4v) is 1.77. The zero-order valence-corrected chi connectivity index (χ0v) is 8.84. The van der Waals surface area contributed by atoms with E-state index in [0.29, 0.717) is 17.1 Å². The minimum Gasteiger partial charge on any atom is -0.369 e. The Hall–Kier alpha value is -2.43. The molecule has 0 fully saturated rings. The van der Waals surface area contributed by atoms with Crippen LogP contribution in [-0.4, -0.2) is 14.5 Å². The molecule has 2 N–H and O–H groups in total. The monoisotopic (exact) mass is 228 g/mol. The number of fused-ring (bicyclic) bond motifs is 1. The predicted octanol–water partition coefficient (Wildman–Crippen LogP) is 2.14. The molecule has 0 saturated heterocycles. The van der Waals surface area contributed by atoms with Crippen LogP contribution in [-0.2, 0) is 0 Å². The summed E-state index contributed by atoms with van der Waals surface area (Å²) in [5, 5.41) is 0. The van der Waals surface area contributed by atoms with Gasteiger partial charge in [-0.05, 0) is 36.4 Å². The summed E-state index contributed by atoms with van der Waals surface area (Å²) >= 11 is 0. The van der Waals surface area contributed by atoms with Gasteiger partial charge in [0.2, 0.25) is 5.95 Å². The second-order valence-electron chi connectivity index (χ2n) is 3.63. The Morgan fingerprint density at radius 3 is 2.65 bits per heavy atom. The lowest BCUT2D eigenvalue weighted by Gasteiger charge is -2.04. The molecule has 84 valence electrons. The number of benzene rings is 1. The Kier molecular flexibility index (Phi) is 2.04. The van der Waals surface area contributed by atoms with E-state index in [-0.39, 0.29) is 5.82 Å².